The number of halogens is 1. The molecule has 0 saturated carbocycles. The zero-order valence-corrected chi connectivity index (χ0v) is 12.1. The van der Waals surface area contributed by atoms with E-state index in [2.05, 4.69) is 9.97 Å². The van der Waals surface area contributed by atoms with Crippen LogP contribution < -0.4 is 5.56 Å². The van der Waals surface area contributed by atoms with Crippen LogP contribution in [0.5, 0.6) is 0 Å². The highest BCUT2D eigenvalue weighted by Crippen LogP contribution is 2.23. The van der Waals surface area contributed by atoms with Crippen LogP contribution in [0.1, 0.15) is 5.82 Å². The van der Waals surface area contributed by atoms with Crippen molar-refractivity contribution in [3.63, 3.8) is 0 Å². The van der Waals surface area contributed by atoms with Crippen LogP contribution >= 0.6 is 34.7 Å². The smallest absolute Gasteiger partial charge is 0.268 e. The van der Waals surface area contributed by atoms with Crippen molar-refractivity contribution >= 4 is 44.9 Å². The molecule has 0 unspecified atom stereocenters. The van der Waals surface area contributed by atoms with E-state index in [1.54, 1.807) is 11.8 Å². The van der Waals surface area contributed by atoms with Crippen molar-refractivity contribution < 1.29 is 0 Å². The summed E-state index contributed by atoms with van der Waals surface area (Å²) in [6.45, 7) is 0. The van der Waals surface area contributed by atoms with Gasteiger partial charge in [0.1, 0.15) is 10.5 Å². The molecule has 19 heavy (non-hydrogen) atoms. The van der Waals surface area contributed by atoms with E-state index in [1.807, 2.05) is 35.7 Å². The SMILES string of the molecule is O=c1[nH]c(CSc2ccc(Cl)cc2)nc2ccsc12. The van der Waals surface area contributed by atoms with Gasteiger partial charge >= 0.3 is 0 Å². The quantitative estimate of drug-likeness (QED) is 0.746. The van der Waals surface area contributed by atoms with Crippen LogP contribution in [0.2, 0.25) is 5.02 Å². The maximum Gasteiger partial charge on any atom is 0.268 e. The van der Waals surface area contributed by atoms with E-state index >= 15 is 0 Å². The number of thiophene rings is 1. The summed E-state index contributed by atoms with van der Waals surface area (Å²) < 4.78 is 0.681. The van der Waals surface area contributed by atoms with Crippen molar-refractivity contribution in [1.82, 2.24) is 9.97 Å². The summed E-state index contributed by atoms with van der Waals surface area (Å²) in [6, 6.07) is 9.47. The summed E-state index contributed by atoms with van der Waals surface area (Å²) in [5, 5.41) is 2.60. The molecule has 1 aromatic carbocycles. The van der Waals surface area contributed by atoms with Gasteiger partial charge in [-0.1, -0.05) is 11.6 Å². The summed E-state index contributed by atoms with van der Waals surface area (Å²) in [4.78, 5) is 20.2. The Bertz CT molecular complexity index is 764. The summed E-state index contributed by atoms with van der Waals surface area (Å²) in [6.07, 6.45) is 0. The fourth-order valence-corrected chi connectivity index (χ4v) is 3.29. The molecule has 0 aliphatic heterocycles. The van der Waals surface area contributed by atoms with Gasteiger partial charge in [-0.3, -0.25) is 4.79 Å². The lowest BCUT2D eigenvalue weighted by atomic mass is 10.4. The third-order valence-corrected chi connectivity index (χ3v) is 4.73. The molecule has 96 valence electrons. The van der Waals surface area contributed by atoms with Crippen LogP contribution in [0.15, 0.2) is 45.4 Å². The van der Waals surface area contributed by atoms with Crippen molar-refractivity contribution in [2.45, 2.75) is 10.6 Å². The molecular formula is C13H9ClN2OS2. The highest BCUT2D eigenvalue weighted by atomic mass is 35.5. The molecule has 0 saturated heterocycles. The molecule has 0 aliphatic rings. The number of hydrogen-bond acceptors (Lipinski definition) is 4. The maximum absolute atomic E-state index is 11.8. The normalized spacial score (nSPS) is 11.0. The van der Waals surface area contributed by atoms with Gasteiger partial charge in [0, 0.05) is 9.92 Å². The number of benzene rings is 1. The van der Waals surface area contributed by atoms with E-state index in [0.717, 1.165) is 15.4 Å². The first kappa shape index (κ1) is 12.7. The van der Waals surface area contributed by atoms with Gasteiger partial charge in [0.05, 0.1) is 11.3 Å². The second-order valence-corrected chi connectivity index (χ2v) is 6.29. The second kappa shape index (κ2) is 5.36. The molecular weight excluding hydrogens is 300 g/mol. The summed E-state index contributed by atoms with van der Waals surface area (Å²) in [5.74, 6) is 1.32. The lowest BCUT2D eigenvalue weighted by Crippen LogP contribution is -2.09. The Labute approximate surface area is 122 Å². The Morgan fingerprint density at radius 2 is 2.05 bits per heavy atom. The van der Waals surface area contributed by atoms with E-state index in [0.29, 0.717) is 16.3 Å². The third-order valence-electron chi connectivity index (χ3n) is 2.55. The van der Waals surface area contributed by atoms with Gasteiger partial charge in [0.2, 0.25) is 0 Å². The predicted molar refractivity (Wildman–Crippen MR) is 81.3 cm³/mol. The van der Waals surface area contributed by atoms with Crippen LogP contribution in [0.3, 0.4) is 0 Å². The maximum atomic E-state index is 11.8. The first-order valence-corrected chi connectivity index (χ1v) is 7.81. The molecule has 0 bridgehead atoms. The fraction of sp³-hybridized carbons (Fsp3) is 0.0769. The topological polar surface area (TPSA) is 45.8 Å². The van der Waals surface area contributed by atoms with Crippen molar-refractivity contribution in [3.05, 3.63) is 56.9 Å². The van der Waals surface area contributed by atoms with E-state index in [9.17, 15) is 4.79 Å². The number of H-pyrrole nitrogens is 1. The minimum atomic E-state index is -0.0632. The largest absolute Gasteiger partial charge is 0.309 e. The first-order chi connectivity index (χ1) is 9.22. The molecule has 0 amide bonds. The number of aromatic amines is 1. The van der Waals surface area contributed by atoms with Gasteiger partial charge in [0.15, 0.2) is 0 Å². The second-order valence-electron chi connectivity index (χ2n) is 3.89. The Morgan fingerprint density at radius 1 is 1.26 bits per heavy atom. The lowest BCUT2D eigenvalue weighted by Gasteiger charge is -2.02. The molecule has 3 nitrogen and oxygen atoms in total. The van der Waals surface area contributed by atoms with E-state index in [1.165, 1.54) is 11.3 Å². The van der Waals surface area contributed by atoms with Gasteiger partial charge in [-0.2, -0.15) is 0 Å². The monoisotopic (exact) mass is 308 g/mol. The van der Waals surface area contributed by atoms with Gasteiger partial charge in [-0.05, 0) is 35.7 Å². The van der Waals surface area contributed by atoms with Gasteiger partial charge in [0.25, 0.3) is 5.56 Å². The molecule has 2 aromatic heterocycles. The first-order valence-electron chi connectivity index (χ1n) is 5.57. The van der Waals surface area contributed by atoms with Crippen molar-refractivity contribution in [1.29, 1.82) is 0 Å². The van der Waals surface area contributed by atoms with Crippen molar-refractivity contribution in [2.75, 3.05) is 0 Å². The molecule has 3 rings (SSSR count). The Balaban J connectivity index is 1.81. The number of thioether (sulfide) groups is 1. The molecule has 0 aliphatic carbocycles. The summed E-state index contributed by atoms with van der Waals surface area (Å²) >= 11 is 8.86. The Morgan fingerprint density at radius 3 is 2.84 bits per heavy atom. The van der Waals surface area contributed by atoms with Crippen LogP contribution in [-0.4, -0.2) is 9.97 Å². The average Bonchev–Trinajstić information content (AvgIpc) is 2.87. The zero-order chi connectivity index (χ0) is 13.2. The van der Waals surface area contributed by atoms with Crippen LogP contribution in [-0.2, 0) is 5.75 Å². The van der Waals surface area contributed by atoms with Crippen LogP contribution in [0.25, 0.3) is 10.2 Å². The van der Waals surface area contributed by atoms with Crippen molar-refractivity contribution in [2.24, 2.45) is 0 Å². The number of nitrogens with zero attached hydrogens (tertiary/aromatic N) is 1. The fourth-order valence-electron chi connectivity index (χ4n) is 1.67. The number of aromatic nitrogens is 2. The van der Waals surface area contributed by atoms with Gasteiger partial charge in [-0.25, -0.2) is 4.98 Å². The number of hydrogen-bond donors (Lipinski definition) is 1. The minimum absolute atomic E-state index is 0.0632. The molecule has 0 radical (unpaired) electrons. The standard InChI is InChI=1S/C13H9ClN2OS2/c14-8-1-3-9(4-2-8)19-7-11-15-10-5-6-18-12(10)13(17)16-11/h1-6H,7H2,(H,15,16,17). The highest BCUT2D eigenvalue weighted by molar-refractivity contribution is 7.98. The molecule has 0 spiro atoms. The molecule has 6 heteroatoms. The van der Waals surface area contributed by atoms with E-state index in [-0.39, 0.29) is 5.56 Å². The minimum Gasteiger partial charge on any atom is -0.309 e. The predicted octanol–water partition coefficient (Wildman–Crippen LogP) is 3.93. The number of fused-ring (bicyclic) bond motifs is 1. The van der Waals surface area contributed by atoms with E-state index in [4.69, 9.17) is 11.6 Å². The molecule has 0 atom stereocenters. The summed E-state index contributed by atoms with van der Waals surface area (Å²) in [7, 11) is 0. The average molecular weight is 309 g/mol. The van der Waals surface area contributed by atoms with Crippen LogP contribution in [0.4, 0.5) is 0 Å². The molecule has 0 fully saturated rings. The lowest BCUT2D eigenvalue weighted by molar-refractivity contribution is 1.04. The Hall–Kier alpha value is -1.30. The van der Waals surface area contributed by atoms with Crippen LogP contribution in [0, 0.1) is 0 Å². The summed E-state index contributed by atoms with van der Waals surface area (Å²) in [5.41, 5.74) is 0.701. The zero-order valence-electron chi connectivity index (χ0n) is 9.72. The number of nitrogens with one attached hydrogen (secondary N) is 1. The molecule has 3 aromatic rings. The van der Waals surface area contributed by atoms with Gasteiger partial charge < -0.3 is 4.98 Å². The Kier molecular flexibility index (Phi) is 3.59. The van der Waals surface area contributed by atoms with E-state index < -0.39 is 0 Å². The highest BCUT2D eigenvalue weighted by Gasteiger charge is 2.05. The third kappa shape index (κ3) is 2.83. The van der Waals surface area contributed by atoms with Crippen molar-refractivity contribution in [3.8, 4) is 0 Å². The molecule has 2 heterocycles. The molecule has 1 N–H and O–H groups in total. The number of rotatable bonds is 3. The van der Waals surface area contributed by atoms with Gasteiger partial charge in [-0.15, -0.1) is 23.1 Å².